The van der Waals surface area contributed by atoms with Gasteiger partial charge in [-0.25, -0.2) is 37.1 Å². The van der Waals surface area contributed by atoms with E-state index in [1.165, 1.54) is 42.9 Å². The summed E-state index contributed by atoms with van der Waals surface area (Å²) in [7, 11) is 0. The lowest BCUT2D eigenvalue weighted by Crippen LogP contribution is -2.09. The molecule has 0 atom stereocenters. The fraction of sp³-hybridized carbons (Fsp3) is 0.208. The second-order valence-corrected chi connectivity index (χ2v) is 15.4. The molecule has 0 amide bonds. The molecular weight excluding hydrogens is 875 g/mol. The highest BCUT2D eigenvalue weighted by atomic mass is 35.5. The maximum absolute atomic E-state index is 14.1. The summed E-state index contributed by atoms with van der Waals surface area (Å²) in [6, 6.07) is 17.0. The lowest BCUT2D eigenvalue weighted by atomic mass is 9.99. The summed E-state index contributed by atoms with van der Waals surface area (Å²) in [6.45, 7) is 1.82. The molecule has 1 N–H and O–H groups in total. The monoisotopic (exact) mass is 912 g/mol. The van der Waals surface area contributed by atoms with Crippen molar-refractivity contribution in [2.75, 3.05) is 6.61 Å². The molecule has 2 aliphatic carbocycles. The number of carbonyl (C=O) groups is 2. The van der Waals surface area contributed by atoms with Crippen LogP contribution in [-0.4, -0.2) is 43.6 Å². The SMILES string of the molecule is CCOC(=O)c1cncc(C2=C(c3cc(Cl)ccc3OCc3ccc(F)cc3F)CCC2)n1.O=C(O)c1cncc(C2=C(c3cc(Cl)ccc3OCc3ccc(F)cc3F)CCC2)n1. The zero-order valence-electron chi connectivity index (χ0n) is 34.1. The Kier molecular flexibility index (Phi) is 14.7. The van der Waals surface area contributed by atoms with E-state index in [1.54, 1.807) is 49.5 Å². The Morgan fingerprint density at radius 1 is 0.609 bits per heavy atom. The van der Waals surface area contributed by atoms with Crippen molar-refractivity contribution in [3.63, 3.8) is 0 Å². The number of benzene rings is 4. The lowest BCUT2D eigenvalue weighted by molar-refractivity contribution is 0.0518. The Hall–Kier alpha value is -6.64. The number of halogens is 6. The molecule has 0 saturated carbocycles. The number of esters is 1. The largest absolute Gasteiger partial charge is 0.488 e. The van der Waals surface area contributed by atoms with Crippen LogP contribution >= 0.6 is 23.2 Å². The summed E-state index contributed by atoms with van der Waals surface area (Å²) in [4.78, 5) is 40.2. The number of hydrogen-bond donors (Lipinski definition) is 1. The summed E-state index contributed by atoms with van der Waals surface area (Å²) in [5.41, 5.74) is 6.75. The predicted molar refractivity (Wildman–Crippen MR) is 233 cm³/mol. The van der Waals surface area contributed by atoms with Gasteiger partial charge in [0.05, 0.1) is 42.8 Å². The molecule has 2 aromatic heterocycles. The minimum Gasteiger partial charge on any atom is -0.488 e. The molecule has 0 saturated heterocycles. The van der Waals surface area contributed by atoms with Crippen molar-refractivity contribution in [2.45, 2.75) is 58.7 Å². The van der Waals surface area contributed by atoms with Gasteiger partial charge < -0.3 is 19.3 Å². The Morgan fingerprint density at radius 2 is 1.06 bits per heavy atom. The number of carbonyl (C=O) groups excluding carboxylic acids is 1. The number of carboxylic acids is 1. The first-order chi connectivity index (χ1) is 30.9. The van der Waals surface area contributed by atoms with Crippen molar-refractivity contribution in [2.24, 2.45) is 0 Å². The standard InChI is InChI=1S/C25H21ClF2N2O3.C23H17ClF2N2O3/c1-2-32-25(31)23-13-29-12-22(30-23)19-5-3-4-18(19)20-10-16(26)7-9-24(20)33-14-15-6-8-17(27)11-21(15)28;24-14-5-7-22(31-12-13-4-6-15(25)9-19(13)26)18(8-14)16-2-1-3-17(16)20-10-27-11-21(28-20)23(29)30/h6-13H,2-5,14H2,1H3;4-11H,1-3,12H2,(H,29,30). The molecular formula is C48H38Cl2F4N4O6. The van der Waals surface area contributed by atoms with E-state index in [-0.39, 0.29) is 42.3 Å². The number of ether oxygens (including phenoxy) is 3. The molecule has 0 spiro atoms. The van der Waals surface area contributed by atoms with Gasteiger partial charge in [-0.05, 0) is 128 Å². The van der Waals surface area contributed by atoms with Crippen LogP contribution in [0.1, 0.15) is 100 Å². The first-order valence-electron chi connectivity index (χ1n) is 20.1. The van der Waals surface area contributed by atoms with Gasteiger partial charge in [0.2, 0.25) is 0 Å². The molecule has 2 heterocycles. The van der Waals surface area contributed by atoms with Crippen LogP contribution in [0.25, 0.3) is 22.3 Å². The molecule has 16 heteroatoms. The summed E-state index contributed by atoms with van der Waals surface area (Å²) in [5.74, 6) is -3.32. The zero-order valence-corrected chi connectivity index (χ0v) is 35.7. The third kappa shape index (κ3) is 10.9. The molecule has 0 radical (unpaired) electrons. The van der Waals surface area contributed by atoms with Gasteiger partial charge in [0.15, 0.2) is 11.4 Å². The molecule has 0 fully saturated rings. The fourth-order valence-corrected chi connectivity index (χ4v) is 7.74. The molecule has 0 bridgehead atoms. The van der Waals surface area contributed by atoms with Crippen LogP contribution in [0.3, 0.4) is 0 Å². The minimum atomic E-state index is -1.15. The van der Waals surface area contributed by atoms with Crippen LogP contribution in [0, 0.1) is 23.3 Å². The van der Waals surface area contributed by atoms with Crippen LogP contribution in [0.15, 0.2) is 97.6 Å². The van der Waals surface area contributed by atoms with E-state index in [1.807, 2.05) is 0 Å². The number of allylic oxidation sites excluding steroid dienone is 4. The molecule has 0 unspecified atom stereocenters. The average Bonchev–Trinajstić information content (AvgIpc) is 3.98. The van der Waals surface area contributed by atoms with Crippen LogP contribution in [0.4, 0.5) is 17.6 Å². The number of aromatic nitrogens is 4. The highest BCUT2D eigenvalue weighted by molar-refractivity contribution is 6.31. The fourth-order valence-electron chi connectivity index (χ4n) is 7.39. The molecule has 328 valence electrons. The van der Waals surface area contributed by atoms with E-state index >= 15 is 0 Å². The van der Waals surface area contributed by atoms with Gasteiger partial charge in [-0.15, -0.1) is 0 Å². The Balaban J connectivity index is 0.000000192. The van der Waals surface area contributed by atoms with Crippen LogP contribution in [-0.2, 0) is 18.0 Å². The number of aromatic carboxylic acids is 1. The summed E-state index contributed by atoms with van der Waals surface area (Å²) >= 11 is 12.5. The first kappa shape index (κ1) is 45.4. The maximum atomic E-state index is 14.1. The predicted octanol–water partition coefficient (Wildman–Crippen LogP) is 12.0. The van der Waals surface area contributed by atoms with Crippen LogP contribution in [0.2, 0.25) is 10.0 Å². The van der Waals surface area contributed by atoms with Gasteiger partial charge in [0.1, 0.15) is 48.0 Å². The second kappa shape index (κ2) is 20.7. The number of rotatable bonds is 13. The Morgan fingerprint density at radius 3 is 1.52 bits per heavy atom. The number of nitrogens with zero attached hydrogens (tertiary/aromatic N) is 4. The van der Waals surface area contributed by atoms with Gasteiger partial charge in [-0.1, -0.05) is 23.2 Å². The molecule has 64 heavy (non-hydrogen) atoms. The third-order valence-electron chi connectivity index (χ3n) is 10.4. The smallest absolute Gasteiger partial charge is 0.358 e. The molecule has 8 rings (SSSR count). The van der Waals surface area contributed by atoms with Gasteiger partial charge >= 0.3 is 11.9 Å². The van der Waals surface area contributed by atoms with Gasteiger partial charge in [-0.3, -0.25) is 9.97 Å². The topological polar surface area (TPSA) is 134 Å². The molecule has 10 nitrogen and oxygen atoms in total. The van der Waals surface area contributed by atoms with Gasteiger partial charge in [-0.2, -0.15) is 0 Å². The second-order valence-electron chi connectivity index (χ2n) is 14.6. The summed E-state index contributed by atoms with van der Waals surface area (Å²) in [5, 5.41) is 10.2. The zero-order chi connectivity index (χ0) is 45.3. The Labute approximate surface area is 375 Å². The van der Waals surface area contributed by atoms with Crippen molar-refractivity contribution < 1.29 is 46.5 Å². The van der Waals surface area contributed by atoms with Gasteiger partial charge in [0.25, 0.3) is 0 Å². The summed E-state index contributed by atoms with van der Waals surface area (Å²) < 4.78 is 71.2. The lowest BCUT2D eigenvalue weighted by Gasteiger charge is -2.15. The molecule has 2 aliphatic rings. The average molecular weight is 914 g/mol. The highest BCUT2D eigenvalue weighted by Gasteiger charge is 2.25. The third-order valence-corrected chi connectivity index (χ3v) is 10.8. The number of hydrogen-bond acceptors (Lipinski definition) is 9. The van der Waals surface area contributed by atoms with Crippen molar-refractivity contribution in [3.05, 3.63) is 176 Å². The minimum absolute atomic E-state index is 0.0679. The van der Waals surface area contributed by atoms with E-state index in [4.69, 9.17) is 37.4 Å². The van der Waals surface area contributed by atoms with E-state index < -0.39 is 35.2 Å². The van der Waals surface area contributed by atoms with Crippen molar-refractivity contribution in [3.8, 4) is 11.5 Å². The van der Waals surface area contributed by atoms with Gasteiger partial charge in [0, 0.05) is 44.4 Å². The normalized spacial score (nSPS) is 13.4. The van der Waals surface area contributed by atoms with E-state index in [2.05, 4.69) is 19.9 Å². The van der Waals surface area contributed by atoms with Crippen LogP contribution in [0.5, 0.6) is 11.5 Å². The quantitative estimate of drug-likeness (QED) is 0.0881. The van der Waals surface area contributed by atoms with E-state index in [0.29, 0.717) is 39.4 Å². The van der Waals surface area contributed by atoms with E-state index in [9.17, 15) is 32.3 Å². The maximum Gasteiger partial charge on any atom is 0.358 e. The molecule has 4 aromatic carbocycles. The highest BCUT2D eigenvalue weighted by Crippen LogP contribution is 2.45. The van der Waals surface area contributed by atoms with Crippen molar-refractivity contribution in [1.29, 1.82) is 0 Å². The molecule has 6 aromatic rings. The first-order valence-corrected chi connectivity index (χ1v) is 20.9. The number of carboxylic acid groups (broad SMARTS) is 1. The van der Waals surface area contributed by atoms with Crippen LogP contribution < -0.4 is 9.47 Å². The molecule has 0 aliphatic heterocycles. The van der Waals surface area contributed by atoms with E-state index in [0.717, 1.165) is 77.7 Å². The summed E-state index contributed by atoms with van der Waals surface area (Å²) in [6.07, 6.45) is 10.4. The Bertz CT molecular complexity index is 2800. The van der Waals surface area contributed by atoms with Crippen molar-refractivity contribution >= 4 is 57.4 Å². The van der Waals surface area contributed by atoms with Crippen molar-refractivity contribution in [1.82, 2.24) is 19.9 Å².